The van der Waals surface area contributed by atoms with Crippen molar-refractivity contribution in [3.63, 3.8) is 0 Å². The summed E-state index contributed by atoms with van der Waals surface area (Å²) in [5.74, 6) is 0.565. The van der Waals surface area contributed by atoms with Crippen molar-refractivity contribution in [2.45, 2.75) is 0 Å². The van der Waals surface area contributed by atoms with E-state index >= 15 is 0 Å². The van der Waals surface area contributed by atoms with Crippen LogP contribution in [0, 0.1) is 10.1 Å². The zero-order chi connectivity index (χ0) is 13.1. The molecule has 0 radical (unpaired) electrons. The Morgan fingerprint density at radius 2 is 2.17 bits per heavy atom. The quantitative estimate of drug-likeness (QED) is 0.680. The third-order valence-corrected chi connectivity index (χ3v) is 2.41. The largest absolute Gasteiger partial charge is 0.448 e. The van der Waals surface area contributed by atoms with Crippen molar-refractivity contribution in [1.29, 1.82) is 0 Å². The van der Waals surface area contributed by atoms with Gasteiger partial charge in [-0.1, -0.05) is 17.7 Å². The molecule has 0 aliphatic rings. The lowest BCUT2D eigenvalue weighted by atomic mass is 10.3. The molecule has 18 heavy (non-hydrogen) atoms. The number of hydrogen-bond acceptors (Lipinski definition) is 5. The molecular formula is C11H8ClN3O3. The average Bonchev–Trinajstić information content (AvgIpc) is 2.31. The Hall–Kier alpha value is -2.34. The molecule has 0 bridgehead atoms. The monoisotopic (exact) mass is 265 g/mol. The second-order valence-electron chi connectivity index (χ2n) is 3.36. The van der Waals surface area contributed by atoms with Gasteiger partial charge in [-0.15, -0.1) is 0 Å². The van der Waals surface area contributed by atoms with Crippen LogP contribution in [0.3, 0.4) is 0 Å². The molecule has 0 fully saturated rings. The van der Waals surface area contributed by atoms with Crippen LogP contribution in [0.4, 0.5) is 11.5 Å². The van der Waals surface area contributed by atoms with Crippen LogP contribution in [0.15, 0.2) is 36.5 Å². The Morgan fingerprint density at radius 3 is 2.83 bits per heavy atom. The molecular weight excluding hydrogens is 258 g/mol. The minimum absolute atomic E-state index is 0.0187. The first-order valence-corrected chi connectivity index (χ1v) is 5.28. The van der Waals surface area contributed by atoms with Crippen molar-refractivity contribution in [3.05, 3.63) is 51.7 Å². The Morgan fingerprint density at radius 1 is 1.39 bits per heavy atom. The standard InChI is InChI=1S/C11H8ClN3O3/c12-8-2-1-3-9(15(16)17)11(8)18-7-4-5-14-10(13)6-7/h1-6H,(H2,13,14). The van der Waals surface area contributed by atoms with E-state index in [9.17, 15) is 10.1 Å². The number of nitrogens with zero attached hydrogens (tertiary/aromatic N) is 2. The Bertz CT molecular complexity index is 604. The molecule has 1 heterocycles. The zero-order valence-electron chi connectivity index (χ0n) is 9.04. The summed E-state index contributed by atoms with van der Waals surface area (Å²) in [6.45, 7) is 0. The molecule has 0 saturated heterocycles. The summed E-state index contributed by atoms with van der Waals surface area (Å²) in [5, 5.41) is 11.0. The van der Waals surface area contributed by atoms with Gasteiger partial charge in [0.2, 0.25) is 5.75 Å². The molecule has 0 spiro atoms. The van der Waals surface area contributed by atoms with Gasteiger partial charge in [0.05, 0.1) is 9.95 Å². The van der Waals surface area contributed by atoms with Gasteiger partial charge in [0.25, 0.3) is 0 Å². The maximum absolute atomic E-state index is 10.9. The minimum Gasteiger partial charge on any atom is -0.448 e. The van der Waals surface area contributed by atoms with Gasteiger partial charge in [-0.25, -0.2) is 4.98 Å². The lowest BCUT2D eigenvalue weighted by molar-refractivity contribution is -0.385. The summed E-state index contributed by atoms with van der Waals surface area (Å²) in [5.41, 5.74) is 5.28. The number of halogens is 1. The van der Waals surface area contributed by atoms with E-state index in [0.29, 0.717) is 5.75 Å². The number of anilines is 1. The number of hydrogen-bond donors (Lipinski definition) is 1. The molecule has 0 unspecified atom stereocenters. The van der Waals surface area contributed by atoms with Crippen molar-refractivity contribution in [1.82, 2.24) is 4.98 Å². The normalized spacial score (nSPS) is 10.1. The van der Waals surface area contributed by atoms with Gasteiger partial charge in [0, 0.05) is 18.3 Å². The van der Waals surface area contributed by atoms with E-state index in [-0.39, 0.29) is 22.3 Å². The number of rotatable bonds is 3. The first-order chi connectivity index (χ1) is 8.58. The van der Waals surface area contributed by atoms with Crippen molar-refractivity contribution >= 4 is 23.1 Å². The highest BCUT2D eigenvalue weighted by atomic mass is 35.5. The molecule has 0 amide bonds. The molecule has 7 heteroatoms. The Labute approximate surface area is 107 Å². The third-order valence-electron chi connectivity index (χ3n) is 2.12. The predicted octanol–water partition coefficient (Wildman–Crippen LogP) is 3.02. The summed E-state index contributed by atoms with van der Waals surface area (Å²) in [4.78, 5) is 14.1. The molecule has 0 aliphatic carbocycles. The number of nitrogen functional groups attached to an aromatic ring is 1. The number of ether oxygens (including phenoxy) is 1. The second kappa shape index (κ2) is 4.89. The number of pyridine rings is 1. The Balaban J connectivity index is 2.42. The smallest absolute Gasteiger partial charge is 0.313 e. The van der Waals surface area contributed by atoms with Gasteiger partial charge in [0.15, 0.2) is 0 Å². The highest BCUT2D eigenvalue weighted by Gasteiger charge is 2.18. The molecule has 0 aliphatic heterocycles. The third kappa shape index (κ3) is 2.49. The van der Waals surface area contributed by atoms with E-state index in [2.05, 4.69) is 4.98 Å². The molecule has 0 saturated carbocycles. The fourth-order valence-electron chi connectivity index (χ4n) is 1.35. The van der Waals surface area contributed by atoms with E-state index in [4.69, 9.17) is 22.1 Å². The molecule has 0 atom stereocenters. The van der Waals surface area contributed by atoms with Crippen LogP contribution in [0.2, 0.25) is 5.02 Å². The van der Waals surface area contributed by atoms with Crippen LogP contribution < -0.4 is 10.5 Å². The van der Waals surface area contributed by atoms with E-state index in [1.165, 1.54) is 36.5 Å². The molecule has 2 N–H and O–H groups in total. The summed E-state index contributed by atoms with van der Waals surface area (Å²) in [7, 11) is 0. The molecule has 1 aromatic carbocycles. The fraction of sp³-hybridized carbons (Fsp3) is 0. The molecule has 92 valence electrons. The first-order valence-electron chi connectivity index (χ1n) is 4.90. The lowest BCUT2D eigenvalue weighted by Gasteiger charge is -2.07. The van der Waals surface area contributed by atoms with Gasteiger partial charge in [-0.2, -0.15) is 0 Å². The van der Waals surface area contributed by atoms with E-state index in [0.717, 1.165) is 0 Å². The van der Waals surface area contributed by atoms with Gasteiger partial charge in [-0.05, 0) is 12.1 Å². The molecule has 6 nitrogen and oxygen atoms in total. The van der Waals surface area contributed by atoms with Crippen LogP contribution in [0.1, 0.15) is 0 Å². The van der Waals surface area contributed by atoms with Crippen molar-refractivity contribution < 1.29 is 9.66 Å². The summed E-state index contributed by atoms with van der Waals surface area (Å²) >= 11 is 5.89. The van der Waals surface area contributed by atoms with Crippen molar-refractivity contribution in [2.75, 3.05) is 5.73 Å². The number of aromatic nitrogens is 1. The number of nitrogens with two attached hydrogens (primary N) is 1. The van der Waals surface area contributed by atoms with Gasteiger partial charge in [0.1, 0.15) is 11.6 Å². The van der Waals surface area contributed by atoms with Gasteiger partial charge >= 0.3 is 5.69 Å². The number of nitro benzene ring substituents is 1. The maximum Gasteiger partial charge on any atom is 0.313 e. The topological polar surface area (TPSA) is 91.3 Å². The predicted molar refractivity (Wildman–Crippen MR) is 66.8 cm³/mol. The SMILES string of the molecule is Nc1cc(Oc2c(Cl)cccc2[N+](=O)[O-])ccn1. The van der Waals surface area contributed by atoms with E-state index in [1.807, 2.05) is 0 Å². The fourth-order valence-corrected chi connectivity index (χ4v) is 1.56. The molecule has 1 aromatic heterocycles. The van der Waals surface area contributed by atoms with Crippen molar-refractivity contribution in [2.24, 2.45) is 0 Å². The molecule has 2 rings (SSSR count). The lowest BCUT2D eigenvalue weighted by Crippen LogP contribution is -1.95. The summed E-state index contributed by atoms with van der Waals surface area (Å²) in [6, 6.07) is 7.28. The van der Waals surface area contributed by atoms with Crippen LogP contribution in [0.25, 0.3) is 0 Å². The maximum atomic E-state index is 10.9. The van der Waals surface area contributed by atoms with Crippen LogP contribution >= 0.6 is 11.6 Å². The number of benzene rings is 1. The first kappa shape index (κ1) is 12.1. The summed E-state index contributed by atoms with van der Waals surface area (Å²) < 4.78 is 5.39. The second-order valence-corrected chi connectivity index (χ2v) is 3.77. The van der Waals surface area contributed by atoms with Crippen LogP contribution in [-0.4, -0.2) is 9.91 Å². The van der Waals surface area contributed by atoms with E-state index < -0.39 is 4.92 Å². The summed E-state index contributed by atoms with van der Waals surface area (Å²) in [6.07, 6.45) is 1.44. The minimum atomic E-state index is -0.564. The van der Waals surface area contributed by atoms with Crippen molar-refractivity contribution in [3.8, 4) is 11.5 Å². The van der Waals surface area contributed by atoms with Gasteiger partial charge in [-0.3, -0.25) is 10.1 Å². The van der Waals surface area contributed by atoms with E-state index in [1.54, 1.807) is 0 Å². The highest BCUT2D eigenvalue weighted by Crippen LogP contribution is 2.37. The van der Waals surface area contributed by atoms with Crippen LogP contribution in [0.5, 0.6) is 11.5 Å². The van der Waals surface area contributed by atoms with Crippen LogP contribution in [-0.2, 0) is 0 Å². The molecule has 2 aromatic rings. The highest BCUT2D eigenvalue weighted by molar-refractivity contribution is 6.32. The number of para-hydroxylation sites is 1. The van der Waals surface area contributed by atoms with Gasteiger partial charge < -0.3 is 10.5 Å². The average molecular weight is 266 g/mol. The Kier molecular flexibility index (Phi) is 3.29. The zero-order valence-corrected chi connectivity index (χ0v) is 9.79. The number of nitro groups is 1.